The zero-order valence-electron chi connectivity index (χ0n) is 46.6. The van der Waals surface area contributed by atoms with Crippen molar-refractivity contribution in [2.75, 3.05) is 62.4 Å². The van der Waals surface area contributed by atoms with E-state index in [1.807, 2.05) is 38.1 Å². The molecule has 0 fully saturated rings. The smallest absolute Gasteiger partial charge is 0.416 e. The van der Waals surface area contributed by atoms with Crippen LogP contribution >= 0.6 is 46.4 Å². The lowest BCUT2D eigenvalue weighted by atomic mass is 9.94. The number of benzene rings is 6. The van der Waals surface area contributed by atoms with Crippen molar-refractivity contribution in [1.29, 1.82) is 0 Å². The first-order valence-corrected chi connectivity index (χ1v) is 28.4. The van der Waals surface area contributed by atoms with Gasteiger partial charge in [-0.05, 0) is 171 Å². The van der Waals surface area contributed by atoms with E-state index in [2.05, 4.69) is 0 Å². The number of alkyl halides is 6. The van der Waals surface area contributed by atoms with Gasteiger partial charge < -0.3 is 50.4 Å². The van der Waals surface area contributed by atoms with Crippen molar-refractivity contribution in [2.24, 2.45) is 23.3 Å². The van der Waals surface area contributed by atoms with E-state index in [1.165, 1.54) is 12.1 Å². The molecule has 0 radical (unpaired) electrons. The molecular weight excluding hydrogens is 1220 g/mol. The molecule has 2 aliphatic heterocycles. The largest absolute Gasteiger partial charge is 0.490 e. The number of carbonyl (C=O) groups excluding carboxylic acids is 2. The summed E-state index contributed by atoms with van der Waals surface area (Å²) in [4.78, 5) is 49.0. The quantitative estimate of drug-likeness (QED) is 0.0320. The summed E-state index contributed by atoms with van der Waals surface area (Å²) in [6, 6.07) is 28.8. The molecule has 0 spiro atoms. The number of nitrogens with two attached hydrogens (primary N) is 2. The second kappa shape index (κ2) is 31.4. The Labute approximate surface area is 513 Å². The Morgan fingerprint density at radius 1 is 0.523 bits per heavy atom. The fourth-order valence-electron chi connectivity index (χ4n) is 9.40. The Bertz CT molecular complexity index is 3090. The summed E-state index contributed by atoms with van der Waals surface area (Å²) in [6.45, 7) is 5.94. The molecule has 8 rings (SSSR count). The molecule has 24 heteroatoms. The second-order valence-corrected chi connectivity index (χ2v) is 21.6. The van der Waals surface area contributed by atoms with Crippen molar-refractivity contribution in [2.45, 2.75) is 64.7 Å². The highest BCUT2D eigenvalue weighted by atomic mass is 35.5. The maximum atomic E-state index is 13.4. The third-order valence-corrected chi connectivity index (χ3v) is 14.6. The topological polar surface area (TPSA) is 204 Å². The van der Waals surface area contributed by atoms with Crippen LogP contribution in [0.5, 0.6) is 23.0 Å². The van der Waals surface area contributed by atoms with Crippen molar-refractivity contribution in [3.63, 3.8) is 0 Å². The predicted octanol–water partition coefficient (Wildman–Crippen LogP) is 13.5. The van der Waals surface area contributed by atoms with Gasteiger partial charge in [-0.25, -0.2) is 9.59 Å². The summed E-state index contributed by atoms with van der Waals surface area (Å²) < 4.78 is 102. The highest BCUT2D eigenvalue weighted by molar-refractivity contribution is 6.37. The normalized spacial score (nSPS) is 13.7. The second-order valence-electron chi connectivity index (χ2n) is 19.9. The molecule has 0 aromatic heterocycles. The Balaban J connectivity index is 0.000000244. The number of anilines is 2. The first kappa shape index (κ1) is 67.9. The van der Waals surface area contributed by atoms with E-state index in [4.69, 9.17) is 87.0 Å². The highest BCUT2D eigenvalue weighted by Gasteiger charge is 2.36. The molecule has 0 bridgehead atoms. The molecular formula is C62H62Cl4F6N4O10. The number of hydrogen-bond acceptors (Lipinski definition) is 10. The monoisotopic (exact) mass is 1280 g/mol. The number of amides is 2. The van der Waals surface area contributed by atoms with E-state index in [0.29, 0.717) is 129 Å². The molecule has 2 amide bonds. The van der Waals surface area contributed by atoms with Gasteiger partial charge in [-0.2, -0.15) is 26.3 Å². The zero-order valence-corrected chi connectivity index (χ0v) is 49.6. The maximum absolute atomic E-state index is 13.4. The van der Waals surface area contributed by atoms with Crippen molar-refractivity contribution >= 4 is 81.5 Å². The number of fused-ring (bicyclic) bond motifs is 2. The number of halogens is 10. The Morgan fingerprint density at radius 2 is 0.849 bits per heavy atom. The van der Waals surface area contributed by atoms with Gasteiger partial charge in [-0.1, -0.05) is 70.7 Å². The lowest BCUT2D eigenvalue weighted by Gasteiger charge is -2.32. The van der Waals surface area contributed by atoms with Crippen LogP contribution in [-0.4, -0.2) is 86.6 Å². The summed E-state index contributed by atoms with van der Waals surface area (Å²) in [5, 5.41) is 17.4. The van der Waals surface area contributed by atoms with Crippen LogP contribution in [-0.2, 0) is 57.2 Å². The minimum Gasteiger partial charge on any atom is -0.490 e. The number of carboxylic acid groups (broad SMARTS) is 2. The van der Waals surface area contributed by atoms with Crippen LogP contribution in [0, 0.1) is 25.7 Å². The maximum Gasteiger partial charge on any atom is 0.416 e. The van der Waals surface area contributed by atoms with Crippen LogP contribution in [0.25, 0.3) is 0 Å². The highest BCUT2D eigenvalue weighted by Crippen LogP contribution is 2.39. The van der Waals surface area contributed by atoms with Gasteiger partial charge in [0.2, 0.25) is 11.8 Å². The van der Waals surface area contributed by atoms with Crippen LogP contribution < -0.4 is 40.2 Å². The van der Waals surface area contributed by atoms with Crippen molar-refractivity contribution in [3.8, 4) is 23.0 Å². The van der Waals surface area contributed by atoms with Gasteiger partial charge >= 0.3 is 24.3 Å². The summed E-state index contributed by atoms with van der Waals surface area (Å²) in [5.74, 6) is -1.83. The minimum absolute atomic E-state index is 0.116. The SMILES string of the molecule is Cc1cc(Cl)c(OCCOc2ccc(CC(CN)C(=O)N3CCCc4cc(C(F)(F)F)ccc43)cc2)c(Cl)c1.Cc1cc(Cl)c(OCCOc2ccc(CC(CN)C(=O)N3CCCc4cc(C(F)(F)F)ccc43)cc2)c(Cl)c1.O=C(O)/C=C/C(=O)O. The number of hydrogen-bond donors (Lipinski definition) is 4. The van der Waals surface area contributed by atoms with Crippen LogP contribution in [0.15, 0.2) is 121 Å². The van der Waals surface area contributed by atoms with Crippen molar-refractivity contribution in [1.82, 2.24) is 0 Å². The number of carboxylic acids is 2. The molecule has 460 valence electrons. The molecule has 6 aromatic carbocycles. The number of ether oxygens (including phenoxy) is 4. The third-order valence-electron chi connectivity index (χ3n) is 13.5. The van der Waals surface area contributed by atoms with E-state index in [-0.39, 0.29) is 51.3 Å². The lowest BCUT2D eigenvalue weighted by Crippen LogP contribution is -2.42. The van der Waals surface area contributed by atoms with Gasteiger partial charge in [-0.15, -0.1) is 0 Å². The standard InChI is InChI=1S/2C29H29Cl2F3N2O3.C4H4O4/c2*1-18-13-24(30)27(25(31)14-18)39-12-11-38-23-7-4-19(5-8-23)15-21(17-35)28(37)36-10-2-3-20-16-22(29(32,33)34)6-9-26(20)36;5-3(6)1-2-4(7)8/h2*4-9,13-14,16,21H,2-3,10-12,15,17,35H2,1H3;1-2H,(H,5,6)(H,7,8)/b;;2-1+. The number of nitrogens with zero attached hydrogens (tertiary/aromatic N) is 2. The van der Waals surface area contributed by atoms with Gasteiger partial charge in [-0.3, -0.25) is 9.59 Å². The average Bonchev–Trinajstić information content (AvgIpc) is 1.42. The molecule has 14 nitrogen and oxygen atoms in total. The van der Waals surface area contributed by atoms with Gasteiger partial charge in [0.15, 0.2) is 11.5 Å². The van der Waals surface area contributed by atoms with Crippen LogP contribution in [0.1, 0.15) is 57.3 Å². The van der Waals surface area contributed by atoms with Gasteiger partial charge in [0.1, 0.15) is 37.9 Å². The van der Waals surface area contributed by atoms with Crippen LogP contribution in [0.3, 0.4) is 0 Å². The Kier molecular flexibility index (Phi) is 24.8. The fourth-order valence-corrected chi connectivity index (χ4v) is 10.8. The van der Waals surface area contributed by atoms with Gasteiger partial charge in [0.05, 0.1) is 43.1 Å². The fraction of sp³-hybridized carbons (Fsp3) is 0.323. The van der Waals surface area contributed by atoms with E-state index >= 15 is 0 Å². The molecule has 0 aliphatic carbocycles. The van der Waals surface area contributed by atoms with E-state index < -0.39 is 47.3 Å². The minimum atomic E-state index is -4.42. The Morgan fingerprint density at radius 3 is 1.15 bits per heavy atom. The number of aryl methyl sites for hydroxylation is 4. The first-order valence-electron chi connectivity index (χ1n) is 26.9. The third kappa shape index (κ3) is 19.7. The van der Waals surface area contributed by atoms with Crippen molar-refractivity contribution in [3.05, 3.63) is 186 Å². The molecule has 6 aromatic rings. The zero-order chi connectivity index (χ0) is 62.9. The number of rotatable bonds is 20. The van der Waals surface area contributed by atoms with E-state index in [0.717, 1.165) is 46.5 Å². The average molecular weight is 1280 g/mol. The lowest BCUT2D eigenvalue weighted by molar-refractivity contribution is -0.138. The van der Waals surface area contributed by atoms with Crippen molar-refractivity contribution < 1.29 is 74.7 Å². The molecule has 0 saturated carbocycles. The summed E-state index contributed by atoms with van der Waals surface area (Å²) >= 11 is 24.8. The molecule has 2 heterocycles. The molecule has 2 unspecified atom stereocenters. The summed E-state index contributed by atoms with van der Waals surface area (Å²) in [7, 11) is 0. The predicted molar refractivity (Wildman–Crippen MR) is 318 cm³/mol. The van der Waals surface area contributed by atoms with Gasteiger partial charge in [0.25, 0.3) is 0 Å². The van der Waals surface area contributed by atoms with E-state index in [9.17, 15) is 45.5 Å². The molecule has 2 aliphatic rings. The van der Waals surface area contributed by atoms with E-state index in [1.54, 1.807) is 58.3 Å². The van der Waals surface area contributed by atoms with Gasteiger partial charge in [0, 0.05) is 49.7 Å². The molecule has 2 atom stereocenters. The summed E-state index contributed by atoms with van der Waals surface area (Å²) in [6.07, 6.45) is -4.76. The number of carbonyl (C=O) groups is 4. The molecule has 86 heavy (non-hydrogen) atoms. The van der Waals surface area contributed by atoms with Crippen LogP contribution in [0.4, 0.5) is 37.7 Å². The number of aliphatic carboxylic acids is 2. The Hall–Kier alpha value is -7.20. The molecule has 6 N–H and O–H groups in total. The summed E-state index contributed by atoms with van der Waals surface area (Å²) in [5.41, 5.74) is 16.3. The first-order chi connectivity index (χ1) is 40.7. The molecule has 0 saturated heterocycles. The van der Waals surface area contributed by atoms with Crippen LogP contribution in [0.2, 0.25) is 20.1 Å².